The van der Waals surface area contributed by atoms with Gasteiger partial charge in [0.05, 0.1) is 35.9 Å². The van der Waals surface area contributed by atoms with Crippen LogP contribution in [0.1, 0.15) is 16.7 Å². The number of hydrogen-bond acceptors (Lipinski definition) is 9. The number of sulfonamides is 1. The topological polar surface area (TPSA) is 150 Å². The Balaban J connectivity index is 1.44. The molecule has 0 saturated carbocycles. The third-order valence-electron chi connectivity index (χ3n) is 6.39. The average molecular weight is 619 g/mol. The minimum absolute atomic E-state index is 0.00513. The summed E-state index contributed by atoms with van der Waals surface area (Å²) in [5.74, 6) is 0.537. The van der Waals surface area contributed by atoms with Crippen LogP contribution in [0.3, 0.4) is 0 Å². The molecule has 0 atom stereocenters. The van der Waals surface area contributed by atoms with Crippen LogP contribution in [0.4, 0.5) is 11.4 Å². The van der Waals surface area contributed by atoms with Gasteiger partial charge in [0, 0.05) is 18.2 Å². The fraction of sp³-hybridized carbons (Fsp3) is 0.161. The van der Waals surface area contributed by atoms with Gasteiger partial charge in [-0.15, -0.1) is 0 Å². The fourth-order valence-corrected chi connectivity index (χ4v) is 5.43. The van der Waals surface area contributed by atoms with E-state index in [2.05, 4.69) is 10.5 Å². The maximum atomic E-state index is 13.7. The Bertz CT molecular complexity index is 1740. The van der Waals surface area contributed by atoms with Gasteiger partial charge in [-0.05, 0) is 78.7 Å². The Morgan fingerprint density at radius 2 is 1.59 bits per heavy atom. The average Bonchev–Trinajstić information content (AvgIpc) is 3.03. The number of nitro groups is 1. The molecule has 1 amide bonds. The number of nitro benzene ring substituents is 1. The molecule has 0 bridgehead atoms. The first-order valence-corrected chi connectivity index (χ1v) is 14.6. The number of benzene rings is 4. The van der Waals surface area contributed by atoms with Crippen LogP contribution < -0.4 is 23.9 Å². The van der Waals surface area contributed by atoms with Crippen molar-refractivity contribution in [3.63, 3.8) is 0 Å². The molecule has 228 valence electrons. The van der Waals surface area contributed by atoms with Crippen molar-refractivity contribution >= 4 is 33.5 Å². The molecule has 0 unspecified atom stereocenters. The van der Waals surface area contributed by atoms with E-state index in [0.29, 0.717) is 17.1 Å². The number of ether oxygens (including phenoxy) is 3. The molecule has 4 aromatic rings. The molecule has 12 nitrogen and oxygen atoms in total. The van der Waals surface area contributed by atoms with Gasteiger partial charge in [0.25, 0.3) is 21.6 Å². The van der Waals surface area contributed by atoms with Crippen LogP contribution in [0.15, 0.2) is 101 Å². The standard InChI is InChI=1S/C31H30N4O8S/c1-22-4-15-28(16-5-22)44(39,40)34(29-17-14-27(41-2)18-30(29)42-3)20-31(36)33-32-19-23-8-12-26(13-9-23)43-21-24-6-10-25(11-7-24)35(37)38/h4-19H,20-21H2,1-3H3,(H,33,36)/b32-19-. The molecule has 0 saturated heterocycles. The Labute approximate surface area is 254 Å². The van der Waals surface area contributed by atoms with Gasteiger partial charge in [0.2, 0.25) is 0 Å². The molecule has 0 spiro atoms. The number of rotatable bonds is 13. The van der Waals surface area contributed by atoms with Crippen LogP contribution in [0.5, 0.6) is 17.2 Å². The van der Waals surface area contributed by atoms with Crippen LogP contribution in [-0.4, -0.2) is 46.2 Å². The predicted molar refractivity (Wildman–Crippen MR) is 165 cm³/mol. The monoisotopic (exact) mass is 618 g/mol. The number of carbonyl (C=O) groups excluding carboxylic acids is 1. The molecule has 13 heteroatoms. The van der Waals surface area contributed by atoms with Gasteiger partial charge in [0.1, 0.15) is 30.4 Å². The lowest BCUT2D eigenvalue weighted by molar-refractivity contribution is -0.384. The van der Waals surface area contributed by atoms with Gasteiger partial charge < -0.3 is 14.2 Å². The van der Waals surface area contributed by atoms with Crippen molar-refractivity contribution in [1.82, 2.24) is 5.43 Å². The van der Waals surface area contributed by atoms with Crippen molar-refractivity contribution in [2.75, 3.05) is 25.1 Å². The van der Waals surface area contributed by atoms with E-state index in [1.54, 1.807) is 54.6 Å². The van der Waals surface area contributed by atoms with Crippen molar-refractivity contribution in [2.24, 2.45) is 5.10 Å². The van der Waals surface area contributed by atoms with E-state index in [4.69, 9.17) is 14.2 Å². The maximum absolute atomic E-state index is 13.7. The predicted octanol–water partition coefficient (Wildman–Crippen LogP) is 4.85. The van der Waals surface area contributed by atoms with E-state index in [9.17, 15) is 23.3 Å². The van der Waals surface area contributed by atoms with Crippen LogP contribution >= 0.6 is 0 Å². The zero-order chi connectivity index (χ0) is 31.7. The first kappa shape index (κ1) is 31.5. The summed E-state index contributed by atoms with van der Waals surface area (Å²) in [4.78, 5) is 23.3. The minimum atomic E-state index is -4.18. The molecule has 0 aliphatic heterocycles. The Morgan fingerprint density at radius 3 is 2.20 bits per heavy atom. The van der Waals surface area contributed by atoms with Crippen molar-refractivity contribution in [3.05, 3.63) is 118 Å². The van der Waals surface area contributed by atoms with Crippen LogP contribution in [0, 0.1) is 17.0 Å². The second-order valence-corrected chi connectivity index (χ2v) is 11.3. The molecule has 1 N–H and O–H groups in total. The molecule has 0 aliphatic rings. The largest absolute Gasteiger partial charge is 0.497 e. The molecular formula is C31H30N4O8S. The van der Waals surface area contributed by atoms with Crippen LogP contribution in [-0.2, 0) is 21.4 Å². The van der Waals surface area contributed by atoms with Crippen molar-refractivity contribution in [2.45, 2.75) is 18.4 Å². The van der Waals surface area contributed by atoms with Gasteiger partial charge in [-0.25, -0.2) is 13.8 Å². The first-order chi connectivity index (χ1) is 21.1. The fourth-order valence-electron chi connectivity index (χ4n) is 4.00. The lowest BCUT2D eigenvalue weighted by Gasteiger charge is -2.25. The summed E-state index contributed by atoms with van der Waals surface area (Å²) in [5.41, 5.74) is 4.84. The van der Waals surface area contributed by atoms with Gasteiger partial charge >= 0.3 is 0 Å². The highest BCUT2D eigenvalue weighted by atomic mass is 32.2. The van der Waals surface area contributed by atoms with Crippen LogP contribution in [0.25, 0.3) is 0 Å². The number of non-ortho nitro benzene ring substituents is 1. The number of hydrogen-bond donors (Lipinski definition) is 1. The number of nitrogens with one attached hydrogen (secondary N) is 1. The lowest BCUT2D eigenvalue weighted by atomic mass is 10.2. The normalized spacial score (nSPS) is 11.2. The molecule has 44 heavy (non-hydrogen) atoms. The summed E-state index contributed by atoms with van der Waals surface area (Å²) in [6, 6.07) is 23.8. The molecular weight excluding hydrogens is 588 g/mol. The number of methoxy groups -OCH3 is 2. The van der Waals surface area contributed by atoms with Gasteiger partial charge in [0.15, 0.2) is 0 Å². The van der Waals surface area contributed by atoms with E-state index < -0.39 is 27.4 Å². The molecule has 0 aromatic heterocycles. The van der Waals surface area contributed by atoms with Gasteiger partial charge in [-0.3, -0.25) is 19.2 Å². The number of hydrazone groups is 1. The number of anilines is 1. The summed E-state index contributed by atoms with van der Waals surface area (Å²) in [7, 11) is -1.31. The number of nitrogens with zero attached hydrogens (tertiary/aromatic N) is 3. The lowest BCUT2D eigenvalue weighted by Crippen LogP contribution is -2.39. The zero-order valence-electron chi connectivity index (χ0n) is 24.2. The van der Waals surface area contributed by atoms with Crippen molar-refractivity contribution in [1.29, 1.82) is 0 Å². The SMILES string of the molecule is COc1ccc(N(CC(=O)N/N=C\c2ccc(OCc3ccc([N+](=O)[O-])cc3)cc2)S(=O)(=O)c2ccc(C)cc2)c(OC)c1. The highest BCUT2D eigenvalue weighted by Gasteiger charge is 2.29. The second-order valence-electron chi connectivity index (χ2n) is 9.44. The third kappa shape index (κ3) is 7.89. The summed E-state index contributed by atoms with van der Waals surface area (Å²) < 4.78 is 44.7. The molecule has 0 radical (unpaired) electrons. The smallest absolute Gasteiger partial charge is 0.269 e. The molecule has 4 aromatic carbocycles. The van der Waals surface area contributed by atoms with E-state index in [-0.39, 0.29) is 28.6 Å². The van der Waals surface area contributed by atoms with Crippen LogP contribution in [0.2, 0.25) is 0 Å². The van der Waals surface area contributed by atoms with E-state index in [1.165, 1.54) is 56.8 Å². The Hall–Kier alpha value is -5.43. The van der Waals surface area contributed by atoms with E-state index >= 15 is 0 Å². The maximum Gasteiger partial charge on any atom is 0.269 e. The molecule has 0 fully saturated rings. The van der Waals surface area contributed by atoms with E-state index in [0.717, 1.165) is 15.4 Å². The first-order valence-electron chi connectivity index (χ1n) is 13.2. The van der Waals surface area contributed by atoms with Gasteiger partial charge in [-0.2, -0.15) is 5.10 Å². The molecule has 0 heterocycles. The van der Waals surface area contributed by atoms with Gasteiger partial charge in [-0.1, -0.05) is 17.7 Å². The van der Waals surface area contributed by atoms with Crippen molar-refractivity contribution < 1.29 is 32.3 Å². The summed E-state index contributed by atoms with van der Waals surface area (Å²) in [6.45, 7) is 1.49. The highest BCUT2D eigenvalue weighted by Crippen LogP contribution is 2.35. The quantitative estimate of drug-likeness (QED) is 0.127. The Kier molecular flexibility index (Phi) is 10.1. The minimum Gasteiger partial charge on any atom is -0.497 e. The summed E-state index contributed by atoms with van der Waals surface area (Å²) in [6.07, 6.45) is 1.41. The molecule has 4 rings (SSSR count). The number of aryl methyl sites for hydroxylation is 1. The highest BCUT2D eigenvalue weighted by molar-refractivity contribution is 7.92. The second kappa shape index (κ2) is 14.2. The Morgan fingerprint density at radius 1 is 0.932 bits per heavy atom. The summed E-state index contributed by atoms with van der Waals surface area (Å²) >= 11 is 0. The number of amides is 1. The van der Waals surface area contributed by atoms with E-state index in [1.807, 2.05) is 6.92 Å². The zero-order valence-corrected chi connectivity index (χ0v) is 25.0. The third-order valence-corrected chi connectivity index (χ3v) is 8.16. The molecule has 0 aliphatic carbocycles. The summed E-state index contributed by atoms with van der Waals surface area (Å²) in [5, 5.41) is 14.8. The van der Waals surface area contributed by atoms with Crippen molar-refractivity contribution in [3.8, 4) is 17.2 Å². The number of carbonyl (C=O) groups is 1.